The number of terminal acetylenes is 1. The van der Waals surface area contributed by atoms with Crippen LogP contribution in [0.5, 0.6) is 0 Å². The Bertz CT molecular complexity index is 956. The number of thioether (sulfide) groups is 1. The minimum Gasteiger partial charge on any atom is -0.344 e. The van der Waals surface area contributed by atoms with Crippen LogP contribution >= 0.6 is 23.1 Å². The van der Waals surface area contributed by atoms with Crippen LogP contribution in [-0.2, 0) is 24.2 Å². The van der Waals surface area contributed by atoms with Gasteiger partial charge in [0, 0.05) is 17.8 Å². The van der Waals surface area contributed by atoms with Crippen molar-refractivity contribution in [1.29, 1.82) is 0 Å². The van der Waals surface area contributed by atoms with E-state index in [1.807, 2.05) is 0 Å². The van der Waals surface area contributed by atoms with Gasteiger partial charge in [-0.25, -0.2) is 4.98 Å². The number of nitrogens with zero attached hydrogens (tertiary/aromatic N) is 2. The molecule has 0 aliphatic heterocycles. The Hall–Kier alpha value is -1.82. The predicted octanol–water partition coefficient (Wildman–Crippen LogP) is 0.713. The number of quaternary nitrogens is 1. The number of carbonyl (C=O) groups is 1. The number of aromatic nitrogens is 2. The molecule has 0 saturated heterocycles. The fourth-order valence-corrected chi connectivity index (χ4v) is 5.61. The summed E-state index contributed by atoms with van der Waals surface area (Å²) >= 11 is 2.96. The molecule has 2 aromatic heterocycles. The lowest BCUT2D eigenvalue weighted by Gasteiger charge is -2.14. The molecule has 1 aliphatic rings. The molecule has 8 heteroatoms. The van der Waals surface area contributed by atoms with Crippen LogP contribution in [-0.4, -0.2) is 48.4 Å². The Morgan fingerprint density at radius 1 is 1.39 bits per heavy atom. The second-order valence-corrected chi connectivity index (χ2v) is 9.35. The molecule has 150 valence electrons. The third kappa shape index (κ3) is 4.77. The van der Waals surface area contributed by atoms with Crippen LogP contribution in [0.1, 0.15) is 29.7 Å². The first-order valence-electron chi connectivity index (χ1n) is 9.68. The van der Waals surface area contributed by atoms with E-state index in [-0.39, 0.29) is 23.8 Å². The van der Waals surface area contributed by atoms with Gasteiger partial charge in [0.1, 0.15) is 4.83 Å². The van der Waals surface area contributed by atoms with Gasteiger partial charge in [0.25, 0.3) is 5.56 Å². The van der Waals surface area contributed by atoms with Crippen molar-refractivity contribution >= 4 is 39.2 Å². The van der Waals surface area contributed by atoms with E-state index in [0.717, 1.165) is 42.4 Å². The first kappa shape index (κ1) is 20.9. The van der Waals surface area contributed by atoms with Gasteiger partial charge in [-0.1, -0.05) is 17.7 Å². The summed E-state index contributed by atoms with van der Waals surface area (Å²) in [5, 5.41) is 4.09. The third-order valence-corrected chi connectivity index (χ3v) is 6.98. The molecule has 6 nitrogen and oxygen atoms in total. The van der Waals surface area contributed by atoms with E-state index >= 15 is 0 Å². The molecule has 0 aromatic carbocycles. The van der Waals surface area contributed by atoms with Gasteiger partial charge in [0.05, 0.1) is 38.3 Å². The maximum Gasteiger partial charge on any atom is 0.263 e. The largest absolute Gasteiger partial charge is 0.344 e. The summed E-state index contributed by atoms with van der Waals surface area (Å²) in [6.45, 7) is 1.80. The lowest BCUT2D eigenvalue weighted by molar-refractivity contribution is -0.858. The van der Waals surface area contributed by atoms with Crippen molar-refractivity contribution in [3.8, 4) is 12.3 Å². The minimum absolute atomic E-state index is 0.0460. The topological polar surface area (TPSA) is 68.4 Å². The molecule has 0 bridgehead atoms. The van der Waals surface area contributed by atoms with Gasteiger partial charge in [-0.2, -0.15) is 0 Å². The Kier molecular flexibility index (Phi) is 7.16. The molecule has 2 aromatic rings. The fourth-order valence-electron chi connectivity index (χ4n) is 3.45. The number of hydrogen-bond donors (Lipinski definition) is 2. The summed E-state index contributed by atoms with van der Waals surface area (Å²) in [5.41, 5.74) is 1.25. The van der Waals surface area contributed by atoms with E-state index in [4.69, 9.17) is 11.4 Å². The quantitative estimate of drug-likeness (QED) is 0.376. The van der Waals surface area contributed by atoms with Crippen LogP contribution in [0.2, 0.25) is 0 Å². The van der Waals surface area contributed by atoms with E-state index in [1.165, 1.54) is 33.5 Å². The Morgan fingerprint density at radius 2 is 2.18 bits per heavy atom. The number of carbonyl (C=O) groups excluding carboxylic acids is 1. The molecule has 0 saturated carbocycles. The average Bonchev–Trinajstić information content (AvgIpc) is 3.04. The van der Waals surface area contributed by atoms with Crippen molar-refractivity contribution in [2.24, 2.45) is 0 Å². The van der Waals surface area contributed by atoms with E-state index in [2.05, 4.69) is 25.3 Å². The van der Waals surface area contributed by atoms with Crippen molar-refractivity contribution in [2.75, 3.05) is 32.9 Å². The molecule has 0 atom stereocenters. The molecule has 0 spiro atoms. The van der Waals surface area contributed by atoms with Crippen molar-refractivity contribution < 1.29 is 9.69 Å². The number of aryl methyl sites for hydroxylation is 2. The minimum atomic E-state index is -0.146. The number of rotatable bonds is 8. The maximum absolute atomic E-state index is 13.4. The average molecular weight is 420 g/mol. The van der Waals surface area contributed by atoms with E-state index in [1.54, 1.807) is 15.9 Å². The summed E-state index contributed by atoms with van der Waals surface area (Å²) in [6.07, 6.45) is 10.4. The van der Waals surface area contributed by atoms with Crippen LogP contribution in [0, 0.1) is 12.3 Å². The highest BCUT2D eigenvalue weighted by atomic mass is 32.2. The molecule has 1 aliphatic carbocycles. The first-order chi connectivity index (χ1) is 13.5. The van der Waals surface area contributed by atoms with Crippen molar-refractivity contribution in [3.05, 3.63) is 20.8 Å². The van der Waals surface area contributed by atoms with Gasteiger partial charge in [-0.05, 0) is 31.2 Å². The standard InChI is InChI=1S/C20H26N4O2S2/c1-4-10-21-16(25)13-27-20-22-18-17(14-8-5-6-9-15(14)28-18)19(26)24(20)12-7-11-23(2)3/h1H,5-13H2,2-3H3,(H,21,25)/p+1. The van der Waals surface area contributed by atoms with E-state index < -0.39 is 0 Å². The zero-order valence-corrected chi connectivity index (χ0v) is 18.1. The number of fused-ring (bicyclic) bond motifs is 3. The van der Waals surface area contributed by atoms with Gasteiger partial charge >= 0.3 is 0 Å². The highest BCUT2D eigenvalue weighted by molar-refractivity contribution is 7.99. The predicted molar refractivity (Wildman–Crippen MR) is 115 cm³/mol. The highest BCUT2D eigenvalue weighted by Gasteiger charge is 2.22. The second kappa shape index (κ2) is 9.59. The molecule has 0 unspecified atom stereocenters. The number of thiophene rings is 1. The molecule has 2 N–H and O–H groups in total. The summed E-state index contributed by atoms with van der Waals surface area (Å²) in [5.74, 6) is 2.45. The van der Waals surface area contributed by atoms with E-state index in [9.17, 15) is 9.59 Å². The summed E-state index contributed by atoms with van der Waals surface area (Å²) in [7, 11) is 4.20. The maximum atomic E-state index is 13.4. The smallest absolute Gasteiger partial charge is 0.263 e. The summed E-state index contributed by atoms with van der Waals surface area (Å²) in [6, 6.07) is 0. The molecule has 2 heterocycles. The number of amides is 1. The van der Waals surface area contributed by atoms with Gasteiger partial charge in [0.2, 0.25) is 5.91 Å². The second-order valence-electron chi connectivity index (χ2n) is 7.32. The third-order valence-electron chi connectivity index (χ3n) is 4.82. The lowest BCUT2D eigenvalue weighted by Crippen LogP contribution is -3.05. The molecular weight excluding hydrogens is 392 g/mol. The monoisotopic (exact) mass is 419 g/mol. The molecule has 0 fully saturated rings. The SMILES string of the molecule is C#CCNC(=O)CSc1nc2sc3c(c2c(=O)n1CCC[NH+](C)C)CCCC3. The zero-order chi connectivity index (χ0) is 20.1. The first-order valence-corrected chi connectivity index (χ1v) is 11.5. The van der Waals surface area contributed by atoms with Crippen molar-refractivity contribution in [3.63, 3.8) is 0 Å². The summed E-state index contributed by atoms with van der Waals surface area (Å²) in [4.78, 5) is 33.6. The Balaban J connectivity index is 1.93. The van der Waals surface area contributed by atoms with Crippen molar-refractivity contribution in [1.82, 2.24) is 14.9 Å². The molecule has 3 rings (SSSR count). The van der Waals surface area contributed by atoms with Crippen LogP contribution in [0.4, 0.5) is 0 Å². The van der Waals surface area contributed by atoms with Crippen molar-refractivity contribution in [2.45, 2.75) is 43.8 Å². The Labute approximate surface area is 173 Å². The van der Waals surface area contributed by atoms with Crippen LogP contribution in [0.15, 0.2) is 9.95 Å². The Morgan fingerprint density at radius 3 is 2.93 bits per heavy atom. The van der Waals surface area contributed by atoms with Gasteiger partial charge in [-0.15, -0.1) is 17.8 Å². The molecule has 1 amide bonds. The zero-order valence-electron chi connectivity index (χ0n) is 16.5. The number of nitrogens with one attached hydrogen (secondary N) is 2. The van der Waals surface area contributed by atoms with Crippen LogP contribution < -0.4 is 15.8 Å². The summed E-state index contributed by atoms with van der Waals surface area (Å²) < 4.78 is 1.77. The number of hydrogen-bond acceptors (Lipinski definition) is 5. The molecular formula is C20H27N4O2S2+. The highest BCUT2D eigenvalue weighted by Crippen LogP contribution is 2.34. The van der Waals surface area contributed by atoms with Gasteiger partial charge < -0.3 is 10.2 Å². The lowest BCUT2D eigenvalue weighted by atomic mass is 9.97. The molecule has 0 radical (unpaired) electrons. The normalized spacial score (nSPS) is 13.5. The fraction of sp³-hybridized carbons (Fsp3) is 0.550. The van der Waals surface area contributed by atoms with E-state index in [0.29, 0.717) is 11.7 Å². The van der Waals surface area contributed by atoms with Gasteiger partial charge in [0.15, 0.2) is 5.16 Å². The van der Waals surface area contributed by atoms with Gasteiger partial charge in [-0.3, -0.25) is 14.2 Å². The van der Waals surface area contributed by atoms with Crippen LogP contribution in [0.25, 0.3) is 10.2 Å². The van der Waals surface area contributed by atoms with Crippen LogP contribution in [0.3, 0.4) is 0 Å². The molecule has 28 heavy (non-hydrogen) atoms.